The topological polar surface area (TPSA) is 76.3 Å². The summed E-state index contributed by atoms with van der Waals surface area (Å²) in [6.07, 6.45) is 4.33. The number of anilines is 1. The van der Waals surface area contributed by atoms with E-state index < -0.39 is 0 Å². The van der Waals surface area contributed by atoms with E-state index in [2.05, 4.69) is 5.32 Å². The highest BCUT2D eigenvalue weighted by molar-refractivity contribution is 8.26. The van der Waals surface area contributed by atoms with Gasteiger partial charge < -0.3 is 5.32 Å². The van der Waals surface area contributed by atoms with Gasteiger partial charge in [0.15, 0.2) is 0 Å². The summed E-state index contributed by atoms with van der Waals surface area (Å²) in [6, 6.07) is 17.3. The minimum absolute atomic E-state index is 0.0671. The predicted octanol–water partition coefficient (Wildman–Crippen LogP) is 5.19. The molecular weight excluding hydrogens is 504 g/mol. The number of thioether (sulfide) groups is 1. The van der Waals surface area contributed by atoms with Crippen molar-refractivity contribution in [1.82, 2.24) is 14.3 Å². The van der Waals surface area contributed by atoms with Gasteiger partial charge in [0.25, 0.3) is 11.5 Å². The molecule has 1 saturated heterocycles. The average Bonchev–Trinajstić information content (AvgIpc) is 3.26. The molecule has 1 aliphatic heterocycles. The lowest BCUT2D eigenvalue weighted by Crippen LogP contribution is -2.29. The third-order valence-corrected chi connectivity index (χ3v) is 7.73. The zero-order chi connectivity index (χ0) is 26.5. The smallest absolute Gasteiger partial charge is 0.295 e. The monoisotopic (exact) mass is 534 g/mol. The number of para-hydroxylation sites is 1. The van der Waals surface area contributed by atoms with Crippen LogP contribution < -0.4 is 10.9 Å². The van der Waals surface area contributed by atoms with Gasteiger partial charge in [0.1, 0.15) is 10.0 Å². The van der Waals surface area contributed by atoms with Crippen molar-refractivity contribution in [2.45, 2.75) is 39.5 Å². The largest absolute Gasteiger partial charge is 0.320 e. The Labute approximate surface area is 226 Å². The van der Waals surface area contributed by atoms with Gasteiger partial charge in [-0.25, -0.2) is 4.68 Å². The van der Waals surface area contributed by atoms with E-state index in [0.29, 0.717) is 40.0 Å². The van der Waals surface area contributed by atoms with Crippen molar-refractivity contribution in [2.24, 2.45) is 7.05 Å². The molecule has 2 aromatic carbocycles. The molecule has 0 unspecified atom stereocenters. The summed E-state index contributed by atoms with van der Waals surface area (Å²) in [6.45, 7) is 4.36. The first kappa shape index (κ1) is 26.6. The standard InChI is InChI=1S/C28H30N4O3S2/c1-19-13-15-21(16-14-19)18-23-26(34)31(28(36)37-23)17-9-5-8-12-24(33)29-25-20(2)30(3)32(27(25)35)22-10-6-4-7-11-22/h4,6-7,10-11,13-16,18H,5,8-9,12,17H2,1-3H3,(H,29,33)/b23-18-. The number of unbranched alkanes of at least 4 members (excludes halogenated alkanes) is 2. The Balaban J connectivity index is 1.26. The minimum Gasteiger partial charge on any atom is -0.320 e. The first-order chi connectivity index (χ1) is 17.8. The van der Waals surface area contributed by atoms with Gasteiger partial charge in [-0.2, -0.15) is 0 Å². The van der Waals surface area contributed by atoms with E-state index in [1.54, 1.807) is 21.3 Å². The highest BCUT2D eigenvalue weighted by Crippen LogP contribution is 2.32. The Morgan fingerprint density at radius 1 is 1.00 bits per heavy atom. The summed E-state index contributed by atoms with van der Waals surface area (Å²) in [5, 5.41) is 2.80. The number of carbonyl (C=O) groups excluding carboxylic acids is 2. The Hall–Kier alpha value is -3.43. The quantitative estimate of drug-likeness (QED) is 0.232. The number of aromatic nitrogens is 2. The molecule has 3 aromatic rings. The van der Waals surface area contributed by atoms with E-state index in [1.807, 2.05) is 74.5 Å². The van der Waals surface area contributed by atoms with Crippen LogP contribution in [-0.2, 0) is 16.6 Å². The lowest BCUT2D eigenvalue weighted by atomic mass is 10.1. The second-order valence-corrected chi connectivity index (χ2v) is 10.7. The molecule has 0 atom stereocenters. The molecule has 0 radical (unpaired) electrons. The minimum atomic E-state index is -0.257. The zero-order valence-electron chi connectivity index (χ0n) is 21.2. The van der Waals surface area contributed by atoms with Crippen molar-refractivity contribution in [3.63, 3.8) is 0 Å². The normalized spacial score (nSPS) is 14.6. The van der Waals surface area contributed by atoms with Crippen LogP contribution in [0.4, 0.5) is 5.69 Å². The molecule has 9 heteroatoms. The number of thiocarbonyl (C=S) groups is 1. The number of hydrogen-bond acceptors (Lipinski definition) is 5. The van der Waals surface area contributed by atoms with Crippen molar-refractivity contribution in [1.29, 1.82) is 0 Å². The molecular formula is C28H30N4O3S2. The van der Waals surface area contributed by atoms with Gasteiger partial charge >= 0.3 is 0 Å². The van der Waals surface area contributed by atoms with Crippen molar-refractivity contribution < 1.29 is 9.59 Å². The van der Waals surface area contributed by atoms with E-state index in [9.17, 15) is 14.4 Å². The van der Waals surface area contributed by atoms with Crippen LogP contribution in [-0.4, -0.2) is 36.9 Å². The molecule has 1 aromatic heterocycles. The van der Waals surface area contributed by atoms with Crippen LogP contribution in [0.15, 0.2) is 64.3 Å². The Bertz CT molecular complexity index is 1410. The molecule has 7 nitrogen and oxygen atoms in total. The van der Waals surface area contributed by atoms with Gasteiger partial charge in [0.2, 0.25) is 5.91 Å². The number of nitrogens with one attached hydrogen (secondary N) is 1. The van der Waals surface area contributed by atoms with Gasteiger partial charge in [-0.3, -0.25) is 24.0 Å². The van der Waals surface area contributed by atoms with Crippen molar-refractivity contribution in [3.05, 3.63) is 86.7 Å². The fraction of sp³-hybridized carbons (Fsp3) is 0.286. The van der Waals surface area contributed by atoms with E-state index >= 15 is 0 Å². The highest BCUT2D eigenvalue weighted by atomic mass is 32.2. The van der Waals surface area contributed by atoms with Crippen molar-refractivity contribution in [2.75, 3.05) is 11.9 Å². The zero-order valence-corrected chi connectivity index (χ0v) is 22.8. The summed E-state index contributed by atoms with van der Waals surface area (Å²) in [7, 11) is 1.79. The third-order valence-electron chi connectivity index (χ3n) is 6.35. The molecule has 192 valence electrons. The van der Waals surface area contributed by atoms with Crippen LogP contribution in [0, 0.1) is 13.8 Å². The molecule has 0 saturated carbocycles. The maximum Gasteiger partial charge on any atom is 0.295 e. The van der Waals surface area contributed by atoms with Crippen molar-refractivity contribution in [3.8, 4) is 5.69 Å². The second-order valence-electron chi connectivity index (χ2n) is 9.04. The number of aryl methyl sites for hydroxylation is 1. The lowest BCUT2D eigenvalue weighted by Gasteiger charge is -2.14. The number of hydrogen-bond donors (Lipinski definition) is 1. The second kappa shape index (κ2) is 11.7. The third kappa shape index (κ3) is 6.11. The molecule has 1 fully saturated rings. The van der Waals surface area contributed by atoms with E-state index in [4.69, 9.17) is 12.2 Å². The molecule has 0 bridgehead atoms. The van der Waals surface area contributed by atoms with Crippen LogP contribution in [0.25, 0.3) is 11.8 Å². The molecule has 2 amide bonds. The first-order valence-electron chi connectivity index (χ1n) is 12.2. The summed E-state index contributed by atoms with van der Waals surface area (Å²) in [5.41, 5.74) is 3.61. The number of amides is 2. The SMILES string of the molecule is Cc1ccc(/C=C2\SC(=S)N(CCCCCC(=O)Nc3c(C)n(C)n(-c4ccccc4)c3=O)C2=O)cc1. The summed E-state index contributed by atoms with van der Waals surface area (Å²) < 4.78 is 3.85. The molecule has 1 N–H and O–H groups in total. The lowest BCUT2D eigenvalue weighted by molar-refractivity contribution is -0.122. The number of nitrogens with zero attached hydrogens (tertiary/aromatic N) is 3. The van der Waals surface area contributed by atoms with Gasteiger partial charge in [0.05, 0.1) is 16.3 Å². The van der Waals surface area contributed by atoms with E-state index in [-0.39, 0.29) is 17.4 Å². The molecule has 1 aliphatic rings. The molecule has 4 rings (SSSR count). The van der Waals surface area contributed by atoms with Crippen LogP contribution >= 0.6 is 24.0 Å². The van der Waals surface area contributed by atoms with Crippen LogP contribution in [0.5, 0.6) is 0 Å². The molecule has 2 heterocycles. The predicted molar refractivity (Wildman–Crippen MR) is 154 cm³/mol. The molecule has 37 heavy (non-hydrogen) atoms. The fourth-order valence-corrected chi connectivity index (χ4v) is 5.46. The first-order valence-corrected chi connectivity index (χ1v) is 13.4. The number of carbonyl (C=O) groups is 2. The van der Waals surface area contributed by atoms with E-state index in [1.165, 1.54) is 17.3 Å². The Kier molecular flexibility index (Phi) is 8.45. The van der Waals surface area contributed by atoms with Gasteiger partial charge in [-0.1, -0.05) is 78.4 Å². The van der Waals surface area contributed by atoms with Gasteiger partial charge in [-0.05, 0) is 50.5 Å². The number of rotatable bonds is 9. The Morgan fingerprint density at radius 3 is 2.41 bits per heavy atom. The van der Waals surface area contributed by atoms with Crippen LogP contribution in [0.2, 0.25) is 0 Å². The number of benzene rings is 2. The summed E-state index contributed by atoms with van der Waals surface area (Å²) in [5.74, 6) is -0.264. The van der Waals surface area contributed by atoms with Crippen molar-refractivity contribution >= 4 is 51.9 Å². The van der Waals surface area contributed by atoms with Gasteiger partial charge in [0, 0.05) is 20.0 Å². The molecule has 0 aliphatic carbocycles. The average molecular weight is 535 g/mol. The van der Waals surface area contributed by atoms with Gasteiger partial charge in [-0.15, -0.1) is 0 Å². The maximum absolute atomic E-state index is 13.0. The highest BCUT2D eigenvalue weighted by Gasteiger charge is 2.31. The Morgan fingerprint density at radius 2 is 1.70 bits per heavy atom. The van der Waals surface area contributed by atoms with Crippen LogP contribution in [0.3, 0.4) is 0 Å². The maximum atomic E-state index is 13.0. The summed E-state index contributed by atoms with van der Waals surface area (Å²) >= 11 is 6.75. The fourth-order valence-electron chi connectivity index (χ4n) is 4.15. The van der Waals surface area contributed by atoms with E-state index in [0.717, 1.165) is 24.1 Å². The molecule has 0 spiro atoms. The van der Waals surface area contributed by atoms with Crippen LogP contribution in [0.1, 0.15) is 42.5 Å². The summed E-state index contributed by atoms with van der Waals surface area (Å²) in [4.78, 5) is 40.6.